The third-order valence-corrected chi connectivity index (χ3v) is 5.81. The van der Waals surface area contributed by atoms with Crippen molar-refractivity contribution in [1.82, 2.24) is 0 Å². The molecule has 2 saturated carbocycles. The normalized spacial score (nSPS) is 23.5. The molecule has 2 aliphatic rings. The van der Waals surface area contributed by atoms with Gasteiger partial charge in [-0.15, -0.1) is 0 Å². The standard InChI is InChI=1S/C21H30/c1-16-3-7-18(8-4-16)15-19-9-13-21(14-10-19)20-11-5-17(2)6-12-20/h3-4,7-8,19-20H,5-6,9-15H2,1-2H3. The van der Waals surface area contributed by atoms with Crippen LogP contribution in [0.4, 0.5) is 0 Å². The summed E-state index contributed by atoms with van der Waals surface area (Å²) in [5.41, 5.74) is 2.92. The van der Waals surface area contributed by atoms with Crippen LogP contribution in [0.25, 0.3) is 0 Å². The number of hydrogen-bond donors (Lipinski definition) is 0. The van der Waals surface area contributed by atoms with Crippen molar-refractivity contribution in [3.8, 4) is 0 Å². The summed E-state index contributed by atoms with van der Waals surface area (Å²) in [5.74, 6) is 5.55. The van der Waals surface area contributed by atoms with E-state index in [2.05, 4.69) is 38.1 Å². The van der Waals surface area contributed by atoms with Crippen molar-refractivity contribution in [3.05, 3.63) is 47.2 Å². The molecule has 0 heteroatoms. The third-order valence-electron chi connectivity index (χ3n) is 5.81. The summed E-state index contributed by atoms with van der Waals surface area (Å²) in [5, 5.41) is 0. The summed E-state index contributed by atoms with van der Waals surface area (Å²) >= 11 is 0. The van der Waals surface area contributed by atoms with Gasteiger partial charge in [0, 0.05) is 0 Å². The lowest BCUT2D eigenvalue weighted by Crippen LogP contribution is -2.24. The molecule has 0 N–H and O–H groups in total. The summed E-state index contributed by atoms with van der Waals surface area (Å²) in [6, 6.07) is 9.18. The first kappa shape index (κ1) is 15.1. The second kappa shape index (κ2) is 6.99. The highest BCUT2D eigenvalue weighted by atomic mass is 14.3. The smallest absolute Gasteiger partial charge is 0.0210 e. The first-order valence-electron chi connectivity index (χ1n) is 8.92. The Morgan fingerprint density at radius 1 is 0.810 bits per heavy atom. The van der Waals surface area contributed by atoms with Gasteiger partial charge in [-0.2, -0.15) is 0 Å². The predicted octanol–water partition coefficient (Wildman–Crippen LogP) is 6.09. The number of hydrogen-bond acceptors (Lipinski definition) is 0. The van der Waals surface area contributed by atoms with Gasteiger partial charge in [0.25, 0.3) is 0 Å². The maximum Gasteiger partial charge on any atom is -0.0210 e. The third kappa shape index (κ3) is 4.11. The van der Waals surface area contributed by atoms with Gasteiger partial charge < -0.3 is 0 Å². The Kier molecular flexibility index (Phi) is 5.03. The Balaban J connectivity index is 1.45. The van der Waals surface area contributed by atoms with Crippen molar-refractivity contribution >= 4 is 0 Å². The van der Waals surface area contributed by atoms with Gasteiger partial charge >= 0.3 is 0 Å². The van der Waals surface area contributed by atoms with Crippen LogP contribution in [0, 0.1) is 30.6 Å². The maximum atomic E-state index is 2.35. The molecule has 3 rings (SSSR count). The van der Waals surface area contributed by atoms with Gasteiger partial charge in [-0.25, -0.2) is 0 Å². The van der Waals surface area contributed by atoms with Gasteiger partial charge in [0.1, 0.15) is 0 Å². The van der Waals surface area contributed by atoms with Crippen LogP contribution in [0.2, 0.25) is 0 Å². The minimum atomic E-state index is 0.924. The molecule has 1 aromatic rings. The predicted molar refractivity (Wildman–Crippen MR) is 91.0 cm³/mol. The van der Waals surface area contributed by atoms with E-state index in [4.69, 9.17) is 0 Å². The molecule has 0 nitrogen and oxygen atoms in total. The number of aryl methyl sites for hydroxylation is 1. The molecular weight excluding hydrogens is 252 g/mol. The molecule has 0 spiro atoms. The first-order valence-corrected chi connectivity index (χ1v) is 8.92. The number of benzene rings is 1. The molecule has 2 aliphatic carbocycles. The largest absolute Gasteiger partial charge is 0.0591 e. The Bertz CT molecular complexity index is 414. The van der Waals surface area contributed by atoms with E-state index >= 15 is 0 Å². The second-order valence-electron chi connectivity index (χ2n) is 7.52. The molecule has 0 atom stereocenters. The summed E-state index contributed by atoms with van der Waals surface area (Å²) in [4.78, 5) is 0. The van der Waals surface area contributed by atoms with E-state index < -0.39 is 0 Å². The molecule has 0 saturated heterocycles. The maximum absolute atomic E-state index is 2.35. The van der Waals surface area contributed by atoms with Crippen LogP contribution in [0.3, 0.4) is 0 Å². The molecule has 0 heterocycles. The first-order chi connectivity index (χ1) is 10.2. The van der Waals surface area contributed by atoms with Gasteiger partial charge in [-0.3, -0.25) is 0 Å². The van der Waals surface area contributed by atoms with Crippen LogP contribution in [0.1, 0.15) is 69.4 Å². The Morgan fingerprint density at radius 2 is 1.43 bits per heavy atom. The highest BCUT2D eigenvalue weighted by Crippen LogP contribution is 2.43. The van der Waals surface area contributed by atoms with Crippen LogP contribution in [0.15, 0.2) is 24.3 Å². The molecule has 0 amide bonds. The van der Waals surface area contributed by atoms with E-state index in [9.17, 15) is 0 Å². The average Bonchev–Trinajstić information content (AvgIpc) is 2.51. The molecule has 0 unspecified atom stereocenters. The molecule has 1 aromatic carbocycles. The Hall–Kier alpha value is -0.780. The fourth-order valence-corrected chi connectivity index (χ4v) is 4.24. The van der Waals surface area contributed by atoms with E-state index in [0.717, 1.165) is 11.8 Å². The van der Waals surface area contributed by atoms with Crippen molar-refractivity contribution < 1.29 is 0 Å². The van der Waals surface area contributed by atoms with E-state index in [1.807, 2.05) is 5.92 Å². The lowest BCUT2D eigenvalue weighted by atomic mass is 9.69. The highest BCUT2D eigenvalue weighted by molar-refractivity contribution is 5.22. The van der Waals surface area contributed by atoms with E-state index in [0.29, 0.717) is 0 Å². The molecule has 0 bridgehead atoms. The van der Waals surface area contributed by atoms with Crippen LogP contribution < -0.4 is 0 Å². The Labute approximate surface area is 131 Å². The molecular formula is C21H30. The molecule has 0 aromatic heterocycles. The van der Waals surface area contributed by atoms with Crippen LogP contribution in [-0.4, -0.2) is 0 Å². The lowest BCUT2D eigenvalue weighted by molar-refractivity contribution is 0.293. The van der Waals surface area contributed by atoms with Crippen molar-refractivity contribution in [2.24, 2.45) is 11.8 Å². The van der Waals surface area contributed by atoms with Gasteiger partial charge in [0.05, 0.1) is 0 Å². The van der Waals surface area contributed by atoms with Crippen LogP contribution in [-0.2, 0) is 6.42 Å². The Morgan fingerprint density at radius 3 is 2.05 bits per heavy atom. The fraction of sp³-hybridized carbons (Fsp3) is 0.619. The van der Waals surface area contributed by atoms with Crippen molar-refractivity contribution in [1.29, 1.82) is 0 Å². The zero-order valence-electron chi connectivity index (χ0n) is 13.8. The molecule has 2 radical (unpaired) electrons. The summed E-state index contributed by atoms with van der Waals surface area (Å²) in [7, 11) is 0. The average molecular weight is 282 g/mol. The minimum Gasteiger partial charge on any atom is -0.0591 e. The quantitative estimate of drug-likeness (QED) is 0.629. The van der Waals surface area contributed by atoms with E-state index in [-0.39, 0.29) is 0 Å². The fourth-order valence-electron chi connectivity index (χ4n) is 4.24. The SMILES string of the molecule is C[C]1CCC([C]2CCC(Cc3ccc(C)cc3)CC2)CC1. The molecule has 2 fully saturated rings. The highest BCUT2D eigenvalue weighted by Gasteiger charge is 2.30. The lowest BCUT2D eigenvalue weighted by Gasteiger charge is -2.36. The zero-order valence-corrected chi connectivity index (χ0v) is 13.8. The minimum absolute atomic E-state index is 0.924. The van der Waals surface area contributed by atoms with Crippen molar-refractivity contribution in [2.75, 3.05) is 0 Å². The van der Waals surface area contributed by atoms with E-state index in [1.54, 1.807) is 5.92 Å². The van der Waals surface area contributed by atoms with Gasteiger partial charge in [-0.1, -0.05) is 36.8 Å². The molecule has 114 valence electrons. The number of rotatable bonds is 3. The zero-order chi connectivity index (χ0) is 14.7. The topological polar surface area (TPSA) is 0 Å². The summed E-state index contributed by atoms with van der Waals surface area (Å²) in [6.45, 7) is 4.52. The van der Waals surface area contributed by atoms with Gasteiger partial charge in [0.2, 0.25) is 0 Å². The van der Waals surface area contributed by atoms with Crippen LogP contribution in [0.5, 0.6) is 0 Å². The monoisotopic (exact) mass is 282 g/mol. The molecule has 21 heavy (non-hydrogen) atoms. The van der Waals surface area contributed by atoms with Crippen LogP contribution >= 0.6 is 0 Å². The summed E-state index contributed by atoms with van der Waals surface area (Å²) in [6.07, 6.45) is 12.7. The van der Waals surface area contributed by atoms with Crippen molar-refractivity contribution in [3.63, 3.8) is 0 Å². The second-order valence-corrected chi connectivity index (χ2v) is 7.52. The van der Waals surface area contributed by atoms with E-state index in [1.165, 1.54) is 68.9 Å². The summed E-state index contributed by atoms with van der Waals surface area (Å²) < 4.78 is 0. The molecule has 0 aliphatic heterocycles. The van der Waals surface area contributed by atoms with Gasteiger partial charge in [0.15, 0.2) is 0 Å². The van der Waals surface area contributed by atoms with Gasteiger partial charge in [-0.05, 0) is 93.9 Å². The van der Waals surface area contributed by atoms with Crippen molar-refractivity contribution in [2.45, 2.75) is 71.6 Å².